The largest absolute Gasteiger partial charge is 0.459 e. The Morgan fingerprint density at radius 3 is 1.97 bits per heavy atom. The summed E-state index contributed by atoms with van der Waals surface area (Å²) in [6.45, 7) is 12.1. The molecule has 1 aromatic carbocycles. The van der Waals surface area contributed by atoms with Crippen LogP contribution in [0.5, 0.6) is 0 Å². The van der Waals surface area contributed by atoms with Gasteiger partial charge in [-0.15, -0.1) is 0 Å². The molecule has 0 amide bonds. The summed E-state index contributed by atoms with van der Waals surface area (Å²) in [4.78, 5) is 26.0. The number of ether oxygens (including phenoxy) is 3. The van der Waals surface area contributed by atoms with Crippen molar-refractivity contribution < 1.29 is 23.8 Å². The van der Waals surface area contributed by atoms with E-state index in [2.05, 4.69) is 0 Å². The fourth-order valence-corrected chi connectivity index (χ4v) is 3.58. The van der Waals surface area contributed by atoms with Gasteiger partial charge in [0.25, 0.3) is 0 Å². The Balaban J connectivity index is 1.97. The van der Waals surface area contributed by atoms with E-state index in [1.807, 2.05) is 71.9 Å². The first kappa shape index (κ1) is 23.4. The Bertz CT molecular complexity index is 653. The number of hydrogen-bond donors (Lipinski definition) is 0. The topological polar surface area (TPSA) is 61.8 Å². The van der Waals surface area contributed by atoms with E-state index in [1.54, 1.807) is 0 Å². The highest BCUT2D eigenvalue weighted by Gasteiger charge is 2.61. The van der Waals surface area contributed by atoms with Crippen LogP contribution in [-0.4, -0.2) is 29.7 Å². The summed E-state index contributed by atoms with van der Waals surface area (Å²) in [5.41, 5.74) is -1.36. The third kappa shape index (κ3) is 6.56. The van der Waals surface area contributed by atoms with Gasteiger partial charge in [-0.1, -0.05) is 30.3 Å². The molecular formula is C24H36O5. The van der Waals surface area contributed by atoms with Gasteiger partial charge in [-0.25, -0.2) is 0 Å². The van der Waals surface area contributed by atoms with Crippen molar-refractivity contribution in [3.63, 3.8) is 0 Å². The maximum Gasteiger partial charge on any atom is 0.324 e. The highest BCUT2D eigenvalue weighted by atomic mass is 16.6. The molecule has 0 bridgehead atoms. The molecule has 1 unspecified atom stereocenters. The lowest BCUT2D eigenvalue weighted by Crippen LogP contribution is -2.56. The van der Waals surface area contributed by atoms with Gasteiger partial charge in [-0.2, -0.15) is 0 Å². The first-order valence-electron chi connectivity index (χ1n) is 10.5. The van der Waals surface area contributed by atoms with Gasteiger partial charge in [0.1, 0.15) is 11.2 Å². The third-order valence-electron chi connectivity index (χ3n) is 5.06. The van der Waals surface area contributed by atoms with Crippen molar-refractivity contribution in [2.24, 2.45) is 11.3 Å². The maximum absolute atomic E-state index is 13.0. The molecule has 1 atom stereocenters. The van der Waals surface area contributed by atoms with Gasteiger partial charge in [0, 0.05) is 6.61 Å². The Labute approximate surface area is 175 Å². The molecule has 29 heavy (non-hydrogen) atoms. The van der Waals surface area contributed by atoms with E-state index in [-0.39, 0.29) is 5.92 Å². The van der Waals surface area contributed by atoms with Crippen LogP contribution in [0, 0.1) is 11.3 Å². The van der Waals surface area contributed by atoms with E-state index in [0.29, 0.717) is 19.6 Å². The fraction of sp³-hybridized carbons (Fsp3) is 0.667. The van der Waals surface area contributed by atoms with Crippen LogP contribution in [0.3, 0.4) is 0 Å². The fourth-order valence-electron chi connectivity index (χ4n) is 3.58. The minimum absolute atomic E-state index is 0.0764. The van der Waals surface area contributed by atoms with Crippen LogP contribution in [0.1, 0.15) is 72.8 Å². The van der Waals surface area contributed by atoms with Gasteiger partial charge in [0.15, 0.2) is 5.41 Å². The van der Waals surface area contributed by atoms with Gasteiger partial charge in [-0.3, -0.25) is 9.59 Å². The second kappa shape index (κ2) is 9.29. The van der Waals surface area contributed by atoms with Gasteiger partial charge < -0.3 is 14.2 Å². The zero-order chi connectivity index (χ0) is 21.7. The van der Waals surface area contributed by atoms with Gasteiger partial charge >= 0.3 is 11.9 Å². The zero-order valence-electron chi connectivity index (χ0n) is 18.7. The van der Waals surface area contributed by atoms with E-state index in [1.165, 1.54) is 0 Å². The van der Waals surface area contributed by atoms with Crippen molar-refractivity contribution >= 4 is 11.9 Å². The van der Waals surface area contributed by atoms with E-state index in [0.717, 1.165) is 24.8 Å². The van der Waals surface area contributed by atoms with Crippen LogP contribution in [0.25, 0.3) is 0 Å². The summed E-state index contributed by atoms with van der Waals surface area (Å²) >= 11 is 0. The quantitative estimate of drug-likeness (QED) is 0.344. The van der Waals surface area contributed by atoms with E-state index >= 15 is 0 Å². The molecule has 1 fully saturated rings. The molecule has 0 N–H and O–H groups in total. The van der Waals surface area contributed by atoms with Crippen molar-refractivity contribution in [1.29, 1.82) is 0 Å². The summed E-state index contributed by atoms with van der Waals surface area (Å²) in [5, 5.41) is 0. The molecular weight excluding hydrogens is 368 g/mol. The van der Waals surface area contributed by atoms with Gasteiger partial charge in [-0.05, 0) is 78.7 Å². The maximum atomic E-state index is 13.0. The SMILES string of the molecule is CC(C)(C)OC(=O)C1(C(=O)OC(C)(C)C)CCC1CCCOCc1ccccc1. The lowest BCUT2D eigenvalue weighted by Gasteiger charge is -2.47. The van der Waals surface area contributed by atoms with E-state index in [9.17, 15) is 9.59 Å². The lowest BCUT2D eigenvalue weighted by molar-refractivity contribution is -0.200. The van der Waals surface area contributed by atoms with E-state index in [4.69, 9.17) is 14.2 Å². The normalized spacial score (nSPS) is 18.6. The molecule has 0 aliphatic heterocycles. The smallest absolute Gasteiger partial charge is 0.324 e. The molecule has 0 radical (unpaired) electrons. The molecule has 1 aromatic rings. The number of esters is 2. The van der Waals surface area contributed by atoms with Crippen LogP contribution in [0.4, 0.5) is 0 Å². The Morgan fingerprint density at radius 1 is 0.966 bits per heavy atom. The summed E-state index contributed by atoms with van der Waals surface area (Å²) in [7, 11) is 0. The van der Waals surface area contributed by atoms with Crippen LogP contribution >= 0.6 is 0 Å². The average molecular weight is 405 g/mol. The van der Waals surface area contributed by atoms with Crippen molar-refractivity contribution in [2.75, 3.05) is 6.61 Å². The summed E-state index contributed by atoms with van der Waals surface area (Å²) in [6, 6.07) is 10.0. The summed E-state index contributed by atoms with van der Waals surface area (Å²) in [6.07, 6.45) is 2.81. The van der Waals surface area contributed by atoms with Crippen molar-refractivity contribution in [3.05, 3.63) is 35.9 Å². The molecule has 1 aliphatic carbocycles. The van der Waals surface area contributed by atoms with E-state index < -0.39 is 28.6 Å². The highest BCUT2D eigenvalue weighted by molar-refractivity contribution is 6.01. The van der Waals surface area contributed by atoms with Gasteiger partial charge in [0.05, 0.1) is 6.61 Å². The number of benzene rings is 1. The first-order valence-corrected chi connectivity index (χ1v) is 10.5. The molecule has 1 saturated carbocycles. The molecule has 5 nitrogen and oxygen atoms in total. The predicted molar refractivity (Wildman–Crippen MR) is 112 cm³/mol. The van der Waals surface area contributed by atoms with Crippen LogP contribution in [0.15, 0.2) is 30.3 Å². The summed E-state index contributed by atoms with van der Waals surface area (Å²) < 4.78 is 17.0. The number of carbonyl (C=O) groups is 2. The number of rotatable bonds is 8. The third-order valence-corrected chi connectivity index (χ3v) is 5.06. The Kier molecular flexibility index (Phi) is 7.50. The second-order valence-electron chi connectivity index (χ2n) is 9.89. The second-order valence-corrected chi connectivity index (χ2v) is 9.89. The molecule has 5 heteroatoms. The standard InChI is InChI=1S/C24H36O5/c1-22(2,3)28-20(25)24(21(26)29-23(4,5)6)15-14-19(24)13-10-16-27-17-18-11-8-7-9-12-18/h7-9,11-12,19H,10,13-17H2,1-6H3. The van der Waals surface area contributed by atoms with Crippen LogP contribution in [0.2, 0.25) is 0 Å². The van der Waals surface area contributed by atoms with Crippen molar-refractivity contribution in [2.45, 2.75) is 85.0 Å². The van der Waals surface area contributed by atoms with Gasteiger partial charge in [0.2, 0.25) is 0 Å². The van der Waals surface area contributed by atoms with Crippen LogP contribution in [-0.2, 0) is 30.4 Å². The highest BCUT2D eigenvalue weighted by Crippen LogP contribution is 2.52. The number of hydrogen-bond acceptors (Lipinski definition) is 5. The minimum Gasteiger partial charge on any atom is -0.459 e. The predicted octanol–water partition coefficient (Wildman–Crippen LogP) is 5.06. The number of carbonyl (C=O) groups excluding carboxylic acids is 2. The molecule has 0 heterocycles. The molecule has 162 valence electrons. The van der Waals surface area contributed by atoms with Crippen LogP contribution < -0.4 is 0 Å². The lowest BCUT2D eigenvalue weighted by atomic mass is 9.58. The average Bonchev–Trinajstić information content (AvgIpc) is 2.55. The molecule has 0 aromatic heterocycles. The Hall–Kier alpha value is -1.88. The molecule has 1 aliphatic rings. The monoisotopic (exact) mass is 404 g/mol. The minimum atomic E-state index is -1.19. The molecule has 2 rings (SSSR count). The zero-order valence-corrected chi connectivity index (χ0v) is 18.7. The summed E-state index contributed by atoms with van der Waals surface area (Å²) in [5.74, 6) is -0.992. The Morgan fingerprint density at radius 2 is 1.52 bits per heavy atom. The first-order chi connectivity index (χ1) is 13.4. The van der Waals surface area contributed by atoms with Crippen molar-refractivity contribution in [1.82, 2.24) is 0 Å². The molecule has 0 saturated heterocycles. The molecule has 0 spiro atoms. The van der Waals surface area contributed by atoms with Crippen molar-refractivity contribution in [3.8, 4) is 0 Å².